The maximum absolute atomic E-state index is 12.9. The fourth-order valence-electron chi connectivity index (χ4n) is 1.70. The molecule has 0 bridgehead atoms. The van der Waals surface area contributed by atoms with Crippen molar-refractivity contribution in [2.75, 3.05) is 0 Å². The first-order valence-corrected chi connectivity index (χ1v) is 8.69. The molecule has 0 heterocycles. The molecule has 1 fully saturated rings. The van der Waals surface area contributed by atoms with Gasteiger partial charge in [0.15, 0.2) is 0 Å². The Labute approximate surface area is 186 Å². The summed E-state index contributed by atoms with van der Waals surface area (Å²) < 4.78 is 168. The molecule has 20 heteroatoms. The average Bonchev–Trinajstić information content (AvgIpc) is 2.86. The van der Waals surface area contributed by atoms with Crippen LogP contribution in [0, 0.1) is 11.6 Å². The van der Waals surface area contributed by atoms with Crippen LogP contribution in [0.15, 0.2) is 18.2 Å². The van der Waals surface area contributed by atoms with Crippen LogP contribution < -0.4 is 0 Å². The first-order chi connectivity index (χ1) is 12.4. The summed E-state index contributed by atoms with van der Waals surface area (Å²) in [5.41, 5.74) is 0.215. The zero-order chi connectivity index (χ0) is 24.0. The summed E-state index contributed by atoms with van der Waals surface area (Å²) in [5, 5.41) is 0. The zero-order valence-corrected chi connectivity index (χ0v) is 16.8. The molecule has 0 radical (unpaired) electrons. The van der Waals surface area contributed by atoms with Crippen molar-refractivity contribution in [1.82, 2.24) is 0 Å². The minimum absolute atomic E-state index is 0.00598. The van der Waals surface area contributed by atoms with Gasteiger partial charge in [-0.3, -0.25) is 0 Å². The van der Waals surface area contributed by atoms with Gasteiger partial charge >= 0.3 is 136 Å². The van der Waals surface area contributed by atoms with Crippen LogP contribution in [0.2, 0.25) is 0.0125 Å². The van der Waals surface area contributed by atoms with Gasteiger partial charge < -0.3 is 51.8 Å². The van der Waals surface area contributed by atoms with E-state index in [1.165, 1.54) is 6.07 Å². The Hall–Kier alpha value is -0.0688. The fraction of sp³-hybridized carbons (Fsp3) is 0.333. The van der Waals surface area contributed by atoms with Crippen molar-refractivity contribution in [1.29, 1.82) is 0 Å². The number of alkyl halides is 2. The van der Waals surface area contributed by atoms with E-state index in [9.17, 15) is 69.3 Å². The van der Waals surface area contributed by atoms with Gasteiger partial charge in [0.05, 0.1) is 0 Å². The van der Waals surface area contributed by atoms with E-state index < -0.39 is 45.3 Å². The molecular weight excluding hydrogens is 484 g/mol. The Morgan fingerprint density at radius 2 is 0.931 bits per heavy atom. The Balaban J connectivity index is 0. The Kier molecular flexibility index (Phi) is 12.4. The Morgan fingerprint density at radius 1 is 0.655 bits per heavy atom. The molecule has 0 aromatic heterocycles. The molecular formula is C9H5B3F16K-3. The molecule has 0 aliphatic heterocycles. The summed E-state index contributed by atoms with van der Waals surface area (Å²) in [6.45, 7) is 0. The Bertz CT molecular complexity index is 579. The van der Waals surface area contributed by atoms with E-state index in [0.29, 0.717) is 0 Å². The van der Waals surface area contributed by atoms with Gasteiger partial charge in [-0.15, -0.1) is 0 Å². The number of hydrogen-bond acceptors (Lipinski definition) is 0. The van der Waals surface area contributed by atoms with Crippen LogP contribution in [0.25, 0.3) is 0 Å². The molecule has 0 amide bonds. The molecule has 2 unspecified atom stereocenters. The summed E-state index contributed by atoms with van der Waals surface area (Å²) in [7, 11) is -18.0. The third kappa shape index (κ3) is 19.6. The standard InChI is InChI=1S/C9H5F4.3BF4.K/c10-7-2-1-5(3-8(7)11)6-4-9(6,12)13;3*2-1(3,4)5;/h1-4,6H;;;;/q;3*-1;. The summed E-state index contributed by atoms with van der Waals surface area (Å²) in [6, 6.07) is 3.02. The molecule has 0 N–H and O–H groups in total. The van der Waals surface area contributed by atoms with E-state index in [4.69, 9.17) is 0 Å². The van der Waals surface area contributed by atoms with Crippen LogP contribution in [-0.2, 0) is 0 Å². The number of halogens is 16. The number of hydrogen-bond donors (Lipinski definition) is 0. The fourth-order valence-corrected chi connectivity index (χ4v) is 3.25. The second kappa shape index (κ2) is 11.5. The predicted octanol–water partition coefficient (Wildman–Crippen LogP) is 6.55. The molecule has 166 valence electrons. The predicted molar refractivity (Wildman–Crippen MR) is 74.1 cm³/mol. The SMILES string of the molecule is F[B-](F)(F)F.F[B-](F)(F)F.F[B-](F)(F)F.Fc1ccc(C2[CH]([K])C2(F)F)cc1F. The van der Waals surface area contributed by atoms with Gasteiger partial charge in [-0.1, -0.05) is 0 Å². The number of rotatable bonds is 1. The van der Waals surface area contributed by atoms with E-state index in [2.05, 4.69) is 0 Å². The van der Waals surface area contributed by atoms with Crippen molar-refractivity contribution >= 4 is 70.7 Å². The first kappa shape index (κ1) is 31.1. The van der Waals surface area contributed by atoms with Gasteiger partial charge in [-0.05, 0) is 0 Å². The van der Waals surface area contributed by atoms with Crippen molar-refractivity contribution in [2.45, 2.75) is 11.9 Å². The van der Waals surface area contributed by atoms with Gasteiger partial charge in [0, 0.05) is 0 Å². The van der Waals surface area contributed by atoms with Gasteiger partial charge in [-0.2, -0.15) is 0 Å². The van der Waals surface area contributed by atoms with Crippen molar-refractivity contribution in [2.24, 2.45) is 0 Å². The van der Waals surface area contributed by atoms with E-state index in [-0.39, 0.29) is 54.5 Å². The van der Waals surface area contributed by atoms with Gasteiger partial charge in [0.2, 0.25) is 0 Å². The van der Waals surface area contributed by atoms with Crippen molar-refractivity contribution in [3.63, 3.8) is 0 Å². The molecule has 0 spiro atoms. The zero-order valence-electron chi connectivity index (χ0n) is 13.7. The van der Waals surface area contributed by atoms with Gasteiger partial charge in [-0.25, -0.2) is 0 Å². The van der Waals surface area contributed by atoms with Gasteiger partial charge in [0.1, 0.15) is 0 Å². The van der Waals surface area contributed by atoms with E-state index in [1.54, 1.807) is 0 Å². The van der Waals surface area contributed by atoms with E-state index >= 15 is 0 Å². The molecule has 0 saturated heterocycles. The van der Waals surface area contributed by atoms with Crippen LogP contribution >= 0.6 is 0 Å². The number of benzene rings is 1. The average molecular weight is 489 g/mol. The van der Waals surface area contributed by atoms with Crippen molar-refractivity contribution < 1.29 is 69.3 Å². The first-order valence-electron chi connectivity index (χ1n) is 6.89. The van der Waals surface area contributed by atoms with Crippen LogP contribution in [-0.4, -0.2) is 76.6 Å². The Morgan fingerprint density at radius 3 is 1.14 bits per heavy atom. The van der Waals surface area contributed by atoms with Crippen molar-refractivity contribution in [3.05, 3.63) is 35.4 Å². The maximum atomic E-state index is 12.9. The normalized spacial score (nSPS) is 20.2. The third-order valence-electron chi connectivity index (χ3n) is 2.72. The summed E-state index contributed by atoms with van der Waals surface area (Å²) in [4.78, 5) is 0. The molecule has 2 rings (SSSR count). The van der Waals surface area contributed by atoms with Crippen molar-refractivity contribution in [3.8, 4) is 0 Å². The van der Waals surface area contributed by atoms with Crippen LogP contribution in [0.4, 0.5) is 69.3 Å². The third-order valence-corrected chi connectivity index (χ3v) is 4.96. The van der Waals surface area contributed by atoms with Crippen LogP contribution in [0.1, 0.15) is 11.5 Å². The van der Waals surface area contributed by atoms with Gasteiger partial charge in [0.25, 0.3) is 0 Å². The topological polar surface area (TPSA) is 0 Å². The molecule has 1 aromatic carbocycles. The van der Waals surface area contributed by atoms with E-state index in [1.807, 2.05) is 0 Å². The molecule has 29 heavy (non-hydrogen) atoms. The van der Waals surface area contributed by atoms with Crippen LogP contribution in [0.3, 0.4) is 0 Å². The molecule has 1 aliphatic rings. The van der Waals surface area contributed by atoms with E-state index in [0.717, 1.165) is 12.1 Å². The summed E-state index contributed by atoms with van der Waals surface area (Å²) in [6.07, 6.45) is 0. The molecule has 1 aromatic rings. The second-order valence-corrected chi connectivity index (χ2v) is 7.04. The molecule has 0 nitrogen and oxygen atoms in total. The van der Waals surface area contributed by atoms with Crippen LogP contribution in [0.5, 0.6) is 0 Å². The quantitative estimate of drug-likeness (QED) is 0.310. The molecule has 1 aliphatic carbocycles. The second-order valence-electron chi connectivity index (χ2n) is 5.10. The summed E-state index contributed by atoms with van der Waals surface area (Å²) >= 11 is 0.00598. The monoisotopic (exact) mass is 489 g/mol. The molecule has 1 saturated carbocycles. The summed E-state index contributed by atoms with van der Waals surface area (Å²) in [5.74, 6) is -5.61. The minimum atomic E-state index is -6.00. The molecule has 2 atom stereocenters.